The van der Waals surface area contributed by atoms with Crippen molar-refractivity contribution in [3.8, 4) is 0 Å². The van der Waals surface area contributed by atoms with Crippen LogP contribution in [0.5, 0.6) is 0 Å². The van der Waals surface area contributed by atoms with Crippen LogP contribution in [0.2, 0.25) is 0 Å². The zero-order valence-corrected chi connectivity index (χ0v) is 17.3. The summed E-state index contributed by atoms with van der Waals surface area (Å²) < 4.78 is 0. The summed E-state index contributed by atoms with van der Waals surface area (Å²) in [6.07, 6.45) is 6.07. The van der Waals surface area contributed by atoms with Gasteiger partial charge < -0.3 is 10.3 Å². The predicted molar refractivity (Wildman–Crippen MR) is 114 cm³/mol. The van der Waals surface area contributed by atoms with E-state index in [4.69, 9.17) is 0 Å². The van der Waals surface area contributed by atoms with Crippen LogP contribution >= 0.6 is 23.1 Å². The van der Waals surface area contributed by atoms with Gasteiger partial charge in [0.25, 0.3) is 5.56 Å². The van der Waals surface area contributed by atoms with Crippen molar-refractivity contribution in [1.29, 1.82) is 0 Å². The minimum Gasteiger partial charge on any atom is -0.347 e. The molecule has 3 aromatic heterocycles. The predicted octanol–water partition coefficient (Wildman–Crippen LogP) is 3.37. The highest BCUT2D eigenvalue weighted by Gasteiger charge is 2.19. The molecule has 0 aliphatic heterocycles. The molecule has 0 saturated heterocycles. The Labute approximate surface area is 171 Å². The van der Waals surface area contributed by atoms with E-state index in [1.807, 2.05) is 25.1 Å². The number of pyridine rings is 1. The summed E-state index contributed by atoms with van der Waals surface area (Å²) in [6.45, 7) is 1.91. The number of amides is 1. The first kappa shape index (κ1) is 19.1. The van der Waals surface area contributed by atoms with Crippen molar-refractivity contribution in [2.24, 2.45) is 0 Å². The largest absolute Gasteiger partial charge is 0.347 e. The van der Waals surface area contributed by atoms with Gasteiger partial charge in [-0.05, 0) is 50.3 Å². The number of carbonyl (C=O) groups excluding carboxylic acids is 1. The molecule has 1 amide bonds. The minimum atomic E-state index is -0.138. The lowest BCUT2D eigenvalue weighted by Gasteiger charge is -2.13. The number of aromatic amines is 1. The number of fused-ring (bicyclic) bond motifs is 3. The van der Waals surface area contributed by atoms with Crippen LogP contribution in [0.15, 0.2) is 29.2 Å². The van der Waals surface area contributed by atoms with Crippen molar-refractivity contribution in [3.63, 3.8) is 0 Å². The molecule has 0 spiro atoms. The van der Waals surface area contributed by atoms with Gasteiger partial charge in [-0.25, -0.2) is 4.98 Å². The van der Waals surface area contributed by atoms with Gasteiger partial charge in [0.2, 0.25) is 5.91 Å². The first-order valence-electron chi connectivity index (χ1n) is 9.43. The van der Waals surface area contributed by atoms with Gasteiger partial charge in [0.05, 0.1) is 28.6 Å². The molecule has 3 aromatic rings. The van der Waals surface area contributed by atoms with Crippen molar-refractivity contribution < 1.29 is 4.79 Å². The molecule has 8 heteroatoms. The average molecular weight is 415 g/mol. The fourth-order valence-electron chi connectivity index (χ4n) is 3.51. The van der Waals surface area contributed by atoms with Gasteiger partial charge in [-0.15, -0.1) is 23.1 Å². The second kappa shape index (κ2) is 8.45. The highest BCUT2D eigenvalue weighted by molar-refractivity contribution is 7.99. The van der Waals surface area contributed by atoms with Crippen LogP contribution in [0.1, 0.15) is 47.8 Å². The van der Waals surface area contributed by atoms with Gasteiger partial charge in [-0.1, -0.05) is 6.07 Å². The number of hydrogen-bond donors (Lipinski definition) is 2. The molecule has 1 aliphatic carbocycles. The fraction of sp³-hybridized carbons (Fsp3) is 0.400. The van der Waals surface area contributed by atoms with Crippen LogP contribution in [-0.4, -0.2) is 26.6 Å². The average Bonchev–Trinajstić information content (AvgIpc) is 3.07. The van der Waals surface area contributed by atoms with E-state index in [1.54, 1.807) is 17.5 Å². The number of aromatic nitrogens is 3. The number of thioether (sulfide) groups is 1. The fourth-order valence-corrected chi connectivity index (χ4v) is 5.49. The SMILES string of the molecule is CC(NC(=O)CSCc1nc2sc3c(c2c(=O)[nH]1)CCCC3)c1ccccn1. The molecular weight excluding hydrogens is 392 g/mol. The maximum Gasteiger partial charge on any atom is 0.259 e. The summed E-state index contributed by atoms with van der Waals surface area (Å²) >= 11 is 3.09. The number of hydrogen-bond acceptors (Lipinski definition) is 6. The molecule has 0 radical (unpaired) electrons. The molecule has 1 atom stereocenters. The summed E-state index contributed by atoms with van der Waals surface area (Å²) in [7, 11) is 0. The van der Waals surface area contributed by atoms with Gasteiger partial charge in [0.1, 0.15) is 10.7 Å². The van der Waals surface area contributed by atoms with Gasteiger partial charge in [0.15, 0.2) is 0 Å². The highest BCUT2D eigenvalue weighted by Crippen LogP contribution is 2.33. The molecule has 0 aromatic carbocycles. The monoisotopic (exact) mass is 414 g/mol. The lowest BCUT2D eigenvalue weighted by Crippen LogP contribution is -2.28. The number of nitrogens with zero attached hydrogens (tertiary/aromatic N) is 2. The van der Waals surface area contributed by atoms with Crippen LogP contribution in [0.4, 0.5) is 0 Å². The van der Waals surface area contributed by atoms with E-state index >= 15 is 0 Å². The lowest BCUT2D eigenvalue weighted by molar-refractivity contribution is -0.119. The van der Waals surface area contributed by atoms with Crippen molar-refractivity contribution in [2.75, 3.05) is 5.75 Å². The van der Waals surface area contributed by atoms with E-state index in [2.05, 4.69) is 20.3 Å². The Hall–Kier alpha value is -2.19. The van der Waals surface area contributed by atoms with Crippen molar-refractivity contribution in [2.45, 2.75) is 44.4 Å². The minimum absolute atomic E-state index is 0.0479. The Morgan fingerprint density at radius 2 is 2.21 bits per heavy atom. The van der Waals surface area contributed by atoms with Gasteiger partial charge in [-0.2, -0.15) is 0 Å². The third kappa shape index (κ3) is 4.12. The zero-order valence-electron chi connectivity index (χ0n) is 15.7. The molecule has 1 unspecified atom stereocenters. The molecule has 1 aliphatic rings. The zero-order chi connectivity index (χ0) is 19.5. The molecule has 2 N–H and O–H groups in total. The molecule has 4 rings (SSSR count). The highest BCUT2D eigenvalue weighted by atomic mass is 32.2. The summed E-state index contributed by atoms with van der Waals surface area (Å²) in [6, 6.07) is 5.51. The van der Waals surface area contributed by atoms with E-state index < -0.39 is 0 Å². The molecule has 3 heterocycles. The standard InChI is InChI=1S/C20H22N4O2S2/c1-12(14-7-4-5-9-21-14)22-17(25)11-27-10-16-23-19(26)18-13-6-2-3-8-15(13)28-20(18)24-16/h4-5,7,9,12H,2-3,6,8,10-11H2,1H3,(H,22,25)(H,23,24,26). The molecule has 0 bridgehead atoms. The van der Waals surface area contributed by atoms with Crippen LogP contribution in [-0.2, 0) is 23.4 Å². The maximum absolute atomic E-state index is 12.5. The van der Waals surface area contributed by atoms with E-state index in [1.165, 1.54) is 28.6 Å². The van der Waals surface area contributed by atoms with Crippen LogP contribution in [0, 0.1) is 0 Å². The maximum atomic E-state index is 12.5. The van der Waals surface area contributed by atoms with E-state index in [-0.39, 0.29) is 17.5 Å². The number of carbonyl (C=O) groups is 1. The van der Waals surface area contributed by atoms with Crippen LogP contribution < -0.4 is 10.9 Å². The number of rotatable bonds is 6. The van der Waals surface area contributed by atoms with Gasteiger partial charge in [0, 0.05) is 11.1 Å². The first-order valence-corrected chi connectivity index (χ1v) is 11.4. The number of thiophene rings is 1. The quantitative estimate of drug-likeness (QED) is 0.646. The van der Waals surface area contributed by atoms with E-state index in [9.17, 15) is 9.59 Å². The normalized spacial score (nSPS) is 14.6. The Morgan fingerprint density at radius 1 is 1.36 bits per heavy atom. The number of nitrogens with one attached hydrogen (secondary N) is 2. The summed E-state index contributed by atoms with van der Waals surface area (Å²) in [5.74, 6) is 1.38. The molecule has 0 saturated carbocycles. The molecule has 0 fully saturated rings. The van der Waals surface area contributed by atoms with Gasteiger partial charge >= 0.3 is 0 Å². The van der Waals surface area contributed by atoms with E-state index in [0.717, 1.165) is 35.2 Å². The second-order valence-corrected chi connectivity index (χ2v) is 9.01. The van der Waals surface area contributed by atoms with Gasteiger partial charge in [-0.3, -0.25) is 14.6 Å². The third-order valence-electron chi connectivity index (χ3n) is 4.85. The Bertz CT molecular complexity index is 1050. The Kier molecular flexibility index (Phi) is 5.77. The van der Waals surface area contributed by atoms with Crippen LogP contribution in [0.3, 0.4) is 0 Å². The number of H-pyrrole nitrogens is 1. The molecule has 28 heavy (non-hydrogen) atoms. The topological polar surface area (TPSA) is 87.7 Å². The summed E-state index contributed by atoms with van der Waals surface area (Å²) in [5, 5.41) is 3.72. The second-order valence-electron chi connectivity index (χ2n) is 6.94. The van der Waals surface area contributed by atoms with Crippen LogP contribution in [0.25, 0.3) is 10.2 Å². The summed E-state index contributed by atoms with van der Waals surface area (Å²) in [4.78, 5) is 38.7. The summed E-state index contributed by atoms with van der Waals surface area (Å²) in [5.41, 5.74) is 1.98. The molecule has 6 nitrogen and oxygen atoms in total. The van der Waals surface area contributed by atoms with Crippen molar-refractivity contribution in [1.82, 2.24) is 20.3 Å². The van der Waals surface area contributed by atoms with Crippen molar-refractivity contribution in [3.05, 3.63) is 56.7 Å². The van der Waals surface area contributed by atoms with Crippen molar-refractivity contribution >= 4 is 39.2 Å². The molecule has 146 valence electrons. The molecular formula is C20H22N4O2S2. The van der Waals surface area contributed by atoms with E-state index in [0.29, 0.717) is 17.3 Å². The first-order chi connectivity index (χ1) is 13.6. The third-order valence-corrected chi connectivity index (χ3v) is 6.98. The Balaban J connectivity index is 1.36. The smallest absolute Gasteiger partial charge is 0.259 e. The Morgan fingerprint density at radius 3 is 3.04 bits per heavy atom. The lowest BCUT2D eigenvalue weighted by atomic mass is 9.97. The number of aryl methyl sites for hydroxylation is 2.